The first-order chi connectivity index (χ1) is 13.6. The molecule has 0 saturated heterocycles. The molecule has 4 nitrogen and oxygen atoms in total. The van der Waals surface area contributed by atoms with Gasteiger partial charge in [-0.3, -0.25) is 4.79 Å². The summed E-state index contributed by atoms with van der Waals surface area (Å²) in [6.07, 6.45) is 3.60. The second kappa shape index (κ2) is 6.43. The molecule has 0 aromatic heterocycles. The van der Waals surface area contributed by atoms with E-state index in [2.05, 4.69) is 5.32 Å². The standard InChI is InChI=1S/C23H22FNO3/c24-16-5-3-4-15(12-16)18-13-20(18)25-21(26)14-8-10-23(11-9-14)19-7-2-1-6-17(19)22(27)28-23/h1-7,12,14,18,20H,8-11,13H2,(H,25,26). The first kappa shape index (κ1) is 17.4. The molecule has 1 amide bonds. The van der Waals surface area contributed by atoms with E-state index in [-0.39, 0.29) is 35.6 Å². The van der Waals surface area contributed by atoms with E-state index in [1.54, 1.807) is 12.1 Å². The number of rotatable bonds is 3. The van der Waals surface area contributed by atoms with Crippen molar-refractivity contribution in [3.8, 4) is 0 Å². The van der Waals surface area contributed by atoms with E-state index in [9.17, 15) is 14.0 Å². The van der Waals surface area contributed by atoms with Crippen LogP contribution in [0.4, 0.5) is 4.39 Å². The lowest BCUT2D eigenvalue weighted by atomic mass is 9.74. The molecule has 28 heavy (non-hydrogen) atoms. The summed E-state index contributed by atoms with van der Waals surface area (Å²) in [4.78, 5) is 24.9. The average molecular weight is 379 g/mol. The van der Waals surface area contributed by atoms with Crippen LogP contribution in [0.2, 0.25) is 0 Å². The van der Waals surface area contributed by atoms with Crippen molar-refractivity contribution in [1.82, 2.24) is 5.32 Å². The van der Waals surface area contributed by atoms with Gasteiger partial charge in [-0.25, -0.2) is 9.18 Å². The number of nitrogens with one attached hydrogen (secondary N) is 1. The Bertz CT molecular complexity index is 948. The van der Waals surface area contributed by atoms with Crippen LogP contribution in [0.3, 0.4) is 0 Å². The molecule has 5 heteroatoms. The molecule has 1 spiro atoms. The van der Waals surface area contributed by atoms with Crippen molar-refractivity contribution in [1.29, 1.82) is 0 Å². The van der Waals surface area contributed by atoms with Gasteiger partial charge in [-0.2, -0.15) is 0 Å². The summed E-state index contributed by atoms with van der Waals surface area (Å²) in [5, 5.41) is 3.13. The third-order valence-electron chi connectivity index (χ3n) is 6.48. The highest BCUT2D eigenvalue weighted by molar-refractivity contribution is 5.94. The molecule has 2 saturated carbocycles. The SMILES string of the molecule is O=C1OC2(CCC(C(=O)NC3CC3c3cccc(F)c3)CC2)c2ccccc21. The maximum Gasteiger partial charge on any atom is 0.339 e. The smallest absolute Gasteiger partial charge is 0.339 e. The maximum atomic E-state index is 13.4. The number of hydrogen-bond donors (Lipinski definition) is 1. The highest BCUT2D eigenvalue weighted by atomic mass is 19.1. The van der Waals surface area contributed by atoms with Crippen molar-refractivity contribution >= 4 is 11.9 Å². The van der Waals surface area contributed by atoms with Crippen LogP contribution in [0.25, 0.3) is 0 Å². The third-order valence-corrected chi connectivity index (χ3v) is 6.48. The Hall–Kier alpha value is -2.69. The predicted octanol–water partition coefficient (Wildman–Crippen LogP) is 4.05. The van der Waals surface area contributed by atoms with Gasteiger partial charge in [-0.1, -0.05) is 30.3 Å². The van der Waals surface area contributed by atoms with Crippen molar-refractivity contribution in [2.45, 2.75) is 49.7 Å². The van der Waals surface area contributed by atoms with Gasteiger partial charge in [0.25, 0.3) is 0 Å². The van der Waals surface area contributed by atoms with Crippen molar-refractivity contribution in [3.63, 3.8) is 0 Å². The van der Waals surface area contributed by atoms with Gasteiger partial charge in [0.15, 0.2) is 0 Å². The summed E-state index contributed by atoms with van der Waals surface area (Å²) >= 11 is 0. The van der Waals surface area contributed by atoms with Gasteiger partial charge in [-0.05, 0) is 55.9 Å². The predicted molar refractivity (Wildman–Crippen MR) is 101 cm³/mol. The second-order valence-corrected chi connectivity index (χ2v) is 8.22. The number of ether oxygens (including phenoxy) is 1. The number of benzene rings is 2. The Morgan fingerprint density at radius 1 is 1.11 bits per heavy atom. The molecule has 2 unspecified atom stereocenters. The Balaban J connectivity index is 1.20. The zero-order chi connectivity index (χ0) is 19.3. The molecular formula is C23H22FNO3. The minimum Gasteiger partial charge on any atom is -0.451 e. The quantitative estimate of drug-likeness (QED) is 0.819. The molecule has 2 aromatic carbocycles. The number of esters is 1. The van der Waals surface area contributed by atoms with Gasteiger partial charge < -0.3 is 10.1 Å². The van der Waals surface area contributed by atoms with E-state index in [0.717, 1.165) is 17.5 Å². The molecule has 1 heterocycles. The Morgan fingerprint density at radius 2 is 1.89 bits per heavy atom. The van der Waals surface area contributed by atoms with Gasteiger partial charge in [0.1, 0.15) is 11.4 Å². The van der Waals surface area contributed by atoms with E-state index >= 15 is 0 Å². The monoisotopic (exact) mass is 379 g/mol. The number of hydrogen-bond acceptors (Lipinski definition) is 3. The normalized spacial score (nSPS) is 30.6. The highest BCUT2D eigenvalue weighted by Gasteiger charge is 2.49. The molecule has 2 fully saturated rings. The van der Waals surface area contributed by atoms with Gasteiger partial charge in [0.2, 0.25) is 5.91 Å². The fourth-order valence-electron chi connectivity index (χ4n) is 4.82. The summed E-state index contributed by atoms with van der Waals surface area (Å²) in [7, 11) is 0. The minimum absolute atomic E-state index is 0.0640. The number of carbonyl (C=O) groups is 2. The Morgan fingerprint density at radius 3 is 2.68 bits per heavy atom. The third kappa shape index (κ3) is 2.89. The summed E-state index contributed by atoms with van der Waals surface area (Å²) in [5.41, 5.74) is 2.00. The Labute approximate surface area is 163 Å². The second-order valence-electron chi connectivity index (χ2n) is 8.22. The molecule has 3 aliphatic rings. The number of amides is 1. The van der Waals surface area contributed by atoms with Crippen LogP contribution in [-0.2, 0) is 15.1 Å². The van der Waals surface area contributed by atoms with E-state index < -0.39 is 5.60 Å². The zero-order valence-electron chi connectivity index (χ0n) is 15.5. The van der Waals surface area contributed by atoms with Crippen molar-refractivity contribution in [3.05, 3.63) is 71.0 Å². The zero-order valence-corrected chi connectivity index (χ0v) is 15.5. The lowest BCUT2D eigenvalue weighted by molar-refractivity contribution is -0.128. The van der Waals surface area contributed by atoms with Gasteiger partial charge in [-0.15, -0.1) is 0 Å². The molecule has 2 atom stereocenters. The van der Waals surface area contributed by atoms with Gasteiger partial charge in [0.05, 0.1) is 5.56 Å². The number of fused-ring (bicyclic) bond motifs is 2. The summed E-state index contributed by atoms with van der Waals surface area (Å²) in [6, 6.07) is 14.3. The molecular weight excluding hydrogens is 357 g/mol. The molecule has 0 radical (unpaired) electrons. The van der Waals surface area contributed by atoms with Crippen LogP contribution in [0.1, 0.15) is 59.5 Å². The minimum atomic E-state index is -0.561. The van der Waals surface area contributed by atoms with Crippen molar-refractivity contribution in [2.75, 3.05) is 0 Å². The fraction of sp³-hybridized carbons (Fsp3) is 0.391. The van der Waals surface area contributed by atoms with Crippen molar-refractivity contribution in [2.24, 2.45) is 5.92 Å². The van der Waals surface area contributed by atoms with Crippen LogP contribution >= 0.6 is 0 Å². The average Bonchev–Trinajstić information content (AvgIpc) is 3.42. The summed E-state index contributed by atoms with van der Waals surface area (Å²) < 4.78 is 19.2. The number of carbonyl (C=O) groups excluding carboxylic acids is 2. The first-order valence-corrected chi connectivity index (χ1v) is 9.94. The summed E-state index contributed by atoms with van der Waals surface area (Å²) in [6.45, 7) is 0. The van der Waals surface area contributed by atoms with Crippen LogP contribution < -0.4 is 5.32 Å². The molecule has 5 rings (SSSR count). The van der Waals surface area contributed by atoms with E-state index in [1.807, 2.05) is 30.3 Å². The number of halogens is 1. The van der Waals surface area contributed by atoms with E-state index in [4.69, 9.17) is 4.74 Å². The van der Waals surface area contributed by atoms with Gasteiger partial charge >= 0.3 is 5.97 Å². The molecule has 144 valence electrons. The van der Waals surface area contributed by atoms with E-state index in [1.165, 1.54) is 6.07 Å². The van der Waals surface area contributed by atoms with Crippen LogP contribution in [0, 0.1) is 11.7 Å². The molecule has 0 bridgehead atoms. The molecule has 1 aliphatic heterocycles. The summed E-state index contributed by atoms with van der Waals surface area (Å²) in [5.74, 6) is -0.285. The largest absolute Gasteiger partial charge is 0.451 e. The fourth-order valence-corrected chi connectivity index (χ4v) is 4.82. The lowest BCUT2D eigenvalue weighted by Gasteiger charge is -2.36. The van der Waals surface area contributed by atoms with Crippen molar-refractivity contribution < 1.29 is 18.7 Å². The van der Waals surface area contributed by atoms with E-state index in [0.29, 0.717) is 31.2 Å². The molecule has 1 N–H and O–H groups in total. The lowest BCUT2D eigenvalue weighted by Crippen LogP contribution is -2.39. The van der Waals surface area contributed by atoms with Crippen LogP contribution in [0.15, 0.2) is 48.5 Å². The maximum absolute atomic E-state index is 13.4. The molecule has 2 aromatic rings. The van der Waals surface area contributed by atoms with Crippen LogP contribution in [0.5, 0.6) is 0 Å². The topological polar surface area (TPSA) is 55.4 Å². The van der Waals surface area contributed by atoms with Crippen LogP contribution in [-0.4, -0.2) is 17.9 Å². The highest BCUT2D eigenvalue weighted by Crippen LogP contribution is 2.48. The Kier molecular flexibility index (Phi) is 4.00. The van der Waals surface area contributed by atoms with Gasteiger partial charge in [0, 0.05) is 23.4 Å². The first-order valence-electron chi connectivity index (χ1n) is 9.94. The molecule has 2 aliphatic carbocycles.